The predicted octanol–water partition coefficient (Wildman–Crippen LogP) is 0.0279. The van der Waals surface area contributed by atoms with E-state index in [1.54, 1.807) is 12.4 Å². The van der Waals surface area contributed by atoms with Crippen LogP contribution in [-0.2, 0) is 14.8 Å². The Labute approximate surface area is 134 Å². The van der Waals surface area contributed by atoms with Crippen molar-refractivity contribution in [1.82, 2.24) is 24.5 Å². The lowest BCUT2D eigenvalue weighted by atomic mass is 10.2. The maximum Gasteiger partial charge on any atom is 0.246 e. The lowest BCUT2D eigenvalue weighted by Gasteiger charge is -2.32. The summed E-state index contributed by atoms with van der Waals surface area (Å²) < 4.78 is 32.3. The predicted molar refractivity (Wildman–Crippen MR) is 82.4 cm³/mol. The average Bonchev–Trinajstić information content (AvgIpc) is 3.10. The summed E-state index contributed by atoms with van der Waals surface area (Å²) in [5, 5.41) is 6.23. The molecule has 1 fully saturated rings. The molecule has 2 aromatic heterocycles. The summed E-state index contributed by atoms with van der Waals surface area (Å²) in [5.74, 6) is 0.667. The molecule has 1 aliphatic rings. The Kier molecular flexibility index (Phi) is 4.28. The molecule has 0 spiro atoms. The monoisotopic (exact) mass is 338 g/mol. The number of rotatable bonds is 4. The number of aromatic nitrogens is 4. The van der Waals surface area contributed by atoms with Gasteiger partial charge in [-0.05, 0) is 0 Å². The Morgan fingerprint density at radius 2 is 2.13 bits per heavy atom. The highest BCUT2D eigenvalue weighted by molar-refractivity contribution is 7.89. The van der Waals surface area contributed by atoms with Crippen molar-refractivity contribution in [3.63, 3.8) is 0 Å². The van der Waals surface area contributed by atoms with Crippen LogP contribution in [0.4, 0.5) is 5.82 Å². The van der Waals surface area contributed by atoms with Crippen LogP contribution in [0, 0.1) is 0 Å². The minimum absolute atomic E-state index is 0.144. The molecule has 0 saturated carbocycles. The molecular formula is C13H18N6O3S. The van der Waals surface area contributed by atoms with Gasteiger partial charge in [0.15, 0.2) is 5.82 Å². The van der Waals surface area contributed by atoms with Crippen molar-refractivity contribution in [2.75, 3.05) is 38.7 Å². The summed E-state index contributed by atoms with van der Waals surface area (Å²) in [6, 6.07) is 0. The molecule has 124 valence electrons. The van der Waals surface area contributed by atoms with Crippen molar-refractivity contribution >= 4 is 15.8 Å². The fraction of sp³-hybridized carbons (Fsp3) is 0.462. The first-order valence-electron chi connectivity index (χ1n) is 7.09. The molecule has 0 bridgehead atoms. The van der Waals surface area contributed by atoms with Crippen molar-refractivity contribution in [1.29, 1.82) is 0 Å². The maximum atomic E-state index is 12.6. The lowest BCUT2D eigenvalue weighted by Crippen LogP contribution is -2.42. The van der Waals surface area contributed by atoms with Gasteiger partial charge in [-0.1, -0.05) is 0 Å². The first-order valence-corrected chi connectivity index (χ1v) is 8.53. The van der Waals surface area contributed by atoms with Gasteiger partial charge in [-0.15, -0.1) is 0 Å². The average molecular weight is 338 g/mol. The molecule has 0 radical (unpaired) electrons. The number of anilines is 1. The van der Waals surface area contributed by atoms with Crippen LogP contribution in [0.2, 0.25) is 0 Å². The van der Waals surface area contributed by atoms with Crippen molar-refractivity contribution in [3.05, 3.63) is 30.5 Å². The van der Waals surface area contributed by atoms with Gasteiger partial charge in [0.05, 0.1) is 12.8 Å². The molecule has 0 aromatic carbocycles. The highest BCUT2D eigenvalue weighted by Gasteiger charge is 2.34. The lowest BCUT2D eigenvalue weighted by molar-refractivity contribution is -0.00480. The number of nitrogens with one attached hydrogen (secondary N) is 1. The van der Waals surface area contributed by atoms with Crippen LogP contribution < -0.4 is 4.90 Å². The Balaban J connectivity index is 1.88. The second-order valence-corrected chi connectivity index (χ2v) is 7.25. The molecular weight excluding hydrogens is 320 g/mol. The van der Waals surface area contributed by atoms with E-state index in [2.05, 4.69) is 20.2 Å². The third kappa shape index (κ3) is 3.05. The molecule has 1 unspecified atom stereocenters. The number of nitrogens with zero attached hydrogens (tertiary/aromatic N) is 5. The van der Waals surface area contributed by atoms with Gasteiger partial charge < -0.3 is 9.64 Å². The zero-order valence-electron chi connectivity index (χ0n) is 12.9. The summed E-state index contributed by atoms with van der Waals surface area (Å²) in [4.78, 5) is 10.6. The third-order valence-corrected chi connectivity index (χ3v) is 5.41. The molecule has 2 aromatic rings. The number of morpholine rings is 1. The van der Waals surface area contributed by atoms with E-state index >= 15 is 0 Å². The quantitative estimate of drug-likeness (QED) is 0.838. The summed E-state index contributed by atoms with van der Waals surface area (Å²) in [6.07, 6.45) is 5.38. The SMILES string of the molecule is CN(C)c1nccnc1C1CN(S(=O)(=O)c2cn[nH]c2)CCO1. The zero-order valence-corrected chi connectivity index (χ0v) is 13.7. The van der Waals surface area contributed by atoms with Gasteiger partial charge in [-0.2, -0.15) is 9.40 Å². The number of H-pyrrole nitrogens is 1. The molecule has 1 N–H and O–H groups in total. The van der Waals surface area contributed by atoms with Gasteiger partial charge in [0, 0.05) is 45.8 Å². The van der Waals surface area contributed by atoms with Gasteiger partial charge in [0.25, 0.3) is 0 Å². The zero-order chi connectivity index (χ0) is 16.4. The van der Waals surface area contributed by atoms with E-state index in [9.17, 15) is 8.42 Å². The molecule has 0 aliphatic carbocycles. The van der Waals surface area contributed by atoms with E-state index in [1.807, 2.05) is 19.0 Å². The van der Waals surface area contributed by atoms with Crippen molar-refractivity contribution in [3.8, 4) is 0 Å². The second-order valence-electron chi connectivity index (χ2n) is 5.32. The van der Waals surface area contributed by atoms with Crippen LogP contribution >= 0.6 is 0 Å². The molecule has 1 saturated heterocycles. The van der Waals surface area contributed by atoms with Gasteiger partial charge >= 0.3 is 0 Å². The fourth-order valence-electron chi connectivity index (χ4n) is 2.45. The number of ether oxygens (including phenoxy) is 1. The minimum atomic E-state index is -3.59. The summed E-state index contributed by atoms with van der Waals surface area (Å²) >= 11 is 0. The first kappa shape index (κ1) is 15.8. The van der Waals surface area contributed by atoms with Crippen LogP contribution in [0.15, 0.2) is 29.7 Å². The molecule has 0 amide bonds. The van der Waals surface area contributed by atoms with Gasteiger partial charge in [0.2, 0.25) is 10.0 Å². The number of hydrogen-bond acceptors (Lipinski definition) is 7. The Hall–Kier alpha value is -2.04. The Bertz CT molecular complexity index is 762. The number of aromatic amines is 1. The van der Waals surface area contributed by atoms with Crippen molar-refractivity contribution in [2.45, 2.75) is 11.0 Å². The summed E-state index contributed by atoms with van der Waals surface area (Å²) in [6.45, 7) is 0.778. The highest BCUT2D eigenvalue weighted by atomic mass is 32.2. The van der Waals surface area contributed by atoms with Gasteiger partial charge in [-0.25, -0.2) is 13.4 Å². The summed E-state index contributed by atoms with van der Waals surface area (Å²) in [5.41, 5.74) is 0.629. The smallest absolute Gasteiger partial charge is 0.246 e. The van der Waals surface area contributed by atoms with E-state index in [0.29, 0.717) is 24.7 Å². The normalized spacial score (nSPS) is 19.7. The van der Waals surface area contributed by atoms with E-state index in [0.717, 1.165) is 0 Å². The summed E-state index contributed by atoms with van der Waals surface area (Å²) in [7, 11) is 0.120. The van der Waals surface area contributed by atoms with Crippen LogP contribution in [0.1, 0.15) is 11.8 Å². The van der Waals surface area contributed by atoms with E-state index in [1.165, 1.54) is 16.7 Å². The van der Waals surface area contributed by atoms with Crippen LogP contribution in [0.3, 0.4) is 0 Å². The maximum absolute atomic E-state index is 12.6. The third-order valence-electron chi connectivity index (χ3n) is 3.57. The standard InChI is InChI=1S/C13H18N6O3S/c1-18(2)13-12(14-3-4-15-13)11-9-19(5-6-22-11)23(20,21)10-7-16-17-8-10/h3-4,7-8,11H,5-6,9H2,1-2H3,(H,16,17). The number of hydrogen-bond donors (Lipinski definition) is 1. The fourth-order valence-corrected chi connectivity index (χ4v) is 3.78. The molecule has 9 nitrogen and oxygen atoms in total. The Morgan fingerprint density at radius 1 is 1.35 bits per heavy atom. The first-order chi connectivity index (χ1) is 11.0. The Morgan fingerprint density at radius 3 is 2.83 bits per heavy atom. The molecule has 23 heavy (non-hydrogen) atoms. The van der Waals surface area contributed by atoms with E-state index in [-0.39, 0.29) is 11.4 Å². The second kappa shape index (κ2) is 6.22. The molecule has 10 heteroatoms. The van der Waals surface area contributed by atoms with Gasteiger partial charge in [0.1, 0.15) is 16.7 Å². The van der Waals surface area contributed by atoms with Gasteiger partial charge in [-0.3, -0.25) is 10.1 Å². The highest BCUT2D eigenvalue weighted by Crippen LogP contribution is 2.29. The van der Waals surface area contributed by atoms with Crippen LogP contribution in [-0.4, -0.2) is 66.7 Å². The van der Waals surface area contributed by atoms with Crippen molar-refractivity contribution in [2.24, 2.45) is 0 Å². The van der Waals surface area contributed by atoms with Crippen LogP contribution in [0.5, 0.6) is 0 Å². The molecule has 1 aliphatic heterocycles. The van der Waals surface area contributed by atoms with Crippen LogP contribution in [0.25, 0.3) is 0 Å². The minimum Gasteiger partial charge on any atom is -0.369 e. The van der Waals surface area contributed by atoms with E-state index < -0.39 is 16.1 Å². The van der Waals surface area contributed by atoms with E-state index in [4.69, 9.17) is 4.74 Å². The molecule has 1 atom stereocenters. The molecule has 3 heterocycles. The van der Waals surface area contributed by atoms with Crippen molar-refractivity contribution < 1.29 is 13.2 Å². The largest absolute Gasteiger partial charge is 0.369 e. The topological polar surface area (TPSA) is 104 Å². The number of sulfonamides is 1. The molecule has 3 rings (SSSR count).